The van der Waals surface area contributed by atoms with E-state index in [1.54, 1.807) is 4.90 Å². The van der Waals surface area contributed by atoms with Gasteiger partial charge in [0.05, 0.1) is 10.6 Å². The molecule has 0 spiro atoms. The van der Waals surface area contributed by atoms with Crippen molar-refractivity contribution in [1.29, 1.82) is 0 Å². The summed E-state index contributed by atoms with van der Waals surface area (Å²) in [5.41, 5.74) is 1.10. The predicted molar refractivity (Wildman–Crippen MR) is 94.0 cm³/mol. The zero-order valence-corrected chi connectivity index (χ0v) is 14.8. The zero-order valence-electron chi connectivity index (χ0n) is 13.3. The molecular formula is C18H16Cl2F2N2O. The van der Waals surface area contributed by atoms with E-state index in [2.05, 4.69) is 4.90 Å². The number of carbonyl (C=O) groups is 1. The van der Waals surface area contributed by atoms with Crippen LogP contribution >= 0.6 is 23.2 Å². The van der Waals surface area contributed by atoms with Gasteiger partial charge in [-0.2, -0.15) is 0 Å². The Hall–Kier alpha value is -1.69. The molecule has 0 unspecified atom stereocenters. The molecule has 1 fully saturated rings. The van der Waals surface area contributed by atoms with Gasteiger partial charge in [-0.05, 0) is 29.8 Å². The third-order valence-corrected chi connectivity index (χ3v) is 4.74. The Balaban J connectivity index is 1.62. The second-order valence-corrected chi connectivity index (χ2v) is 6.79. The van der Waals surface area contributed by atoms with Crippen LogP contribution in [-0.2, 0) is 6.54 Å². The number of hydrogen-bond donors (Lipinski definition) is 0. The average Bonchev–Trinajstić information content (AvgIpc) is 2.58. The molecule has 7 heteroatoms. The summed E-state index contributed by atoms with van der Waals surface area (Å²) in [6.45, 7) is 3.09. The smallest absolute Gasteiger partial charge is 0.255 e. The number of halogens is 4. The number of hydrogen-bond acceptors (Lipinski definition) is 2. The fourth-order valence-electron chi connectivity index (χ4n) is 2.86. The Morgan fingerprint density at radius 2 is 1.68 bits per heavy atom. The van der Waals surface area contributed by atoms with Crippen molar-refractivity contribution in [3.63, 3.8) is 0 Å². The molecular weight excluding hydrogens is 369 g/mol. The van der Waals surface area contributed by atoms with E-state index >= 15 is 0 Å². The molecule has 2 aromatic carbocycles. The van der Waals surface area contributed by atoms with Crippen LogP contribution in [0.1, 0.15) is 15.9 Å². The number of rotatable bonds is 3. The van der Waals surface area contributed by atoms with Crippen LogP contribution in [-0.4, -0.2) is 41.9 Å². The van der Waals surface area contributed by atoms with Gasteiger partial charge >= 0.3 is 0 Å². The summed E-state index contributed by atoms with van der Waals surface area (Å²) in [7, 11) is 0. The van der Waals surface area contributed by atoms with Crippen molar-refractivity contribution < 1.29 is 13.6 Å². The third kappa shape index (κ3) is 4.29. The second kappa shape index (κ2) is 7.68. The minimum Gasteiger partial charge on any atom is -0.336 e. The second-order valence-electron chi connectivity index (χ2n) is 5.94. The van der Waals surface area contributed by atoms with Crippen molar-refractivity contribution in [2.75, 3.05) is 26.2 Å². The molecule has 0 saturated carbocycles. The highest BCUT2D eigenvalue weighted by Crippen LogP contribution is 2.22. The minimum absolute atomic E-state index is 0.0103. The van der Waals surface area contributed by atoms with Gasteiger partial charge in [-0.25, -0.2) is 8.78 Å². The van der Waals surface area contributed by atoms with Crippen LogP contribution < -0.4 is 0 Å². The summed E-state index contributed by atoms with van der Waals surface area (Å²) in [6, 6.07) is 9.35. The lowest BCUT2D eigenvalue weighted by atomic mass is 10.1. The molecule has 3 rings (SSSR count). The van der Waals surface area contributed by atoms with Crippen LogP contribution in [0.2, 0.25) is 10.0 Å². The lowest BCUT2D eigenvalue weighted by Crippen LogP contribution is -2.48. The Morgan fingerprint density at radius 3 is 2.36 bits per heavy atom. The standard InChI is InChI=1S/C18H16Cl2F2N2O/c19-13-3-1-2-12(8-13)11-23-4-6-24(7-5-23)18(25)14-9-16(21)17(22)10-15(14)20/h1-3,8-10H,4-7,11H2. The molecule has 0 bridgehead atoms. The van der Waals surface area contributed by atoms with Crippen LogP contribution in [0.25, 0.3) is 0 Å². The van der Waals surface area contributed by atoms with Crippen molar-refractivity contribution in [2.45, 2.75) is 6.54 Å². The van der Waals surface area contributed by atoms with Gasteiger partial charge in [0.1, 0.15) is 0 Å². The molecule has 1 aliphatic heterocycles. The lowest BCUT2D eigenvalue weighted by molar-refractivity contribution is 0.0628. The lowest BCUT2D eigenvalue weighted by Gasteiger charge is -2.35. The number of piperazine rings is 1. The monoisotopic (exact) mass is 384 g/mol. The molecule has 1 saturated heterocycles. The molecule has 1 aliphatic rings. The first-order valence-corrected chi connectivity index (χ1v) is 8.60. The highest BCUT2D eigenvalue weighted by atomic mass is 35.5. The van der Waals surface area contributed by atoms with Gasteiger partial charge in [-0.1, -0.05) is 35.3 Å². The van der Waals surface area contributed by atoms with Crippen molar-refractivity contribution in [3.05, 3.63) is 69.2 Å². The molecule has 0 aromatic heterocycles. The summed E-state index contributed by atoms with van der Waals surface area (Å²) in [6.07, 6.45) is 0. The third-order valence-electron chi connectivity index (χ3n) is 4.20. The maximum atomic E-state index is 13.4. The van der Waals surface area contributed by atoms with Crippen molar-refractivity contribution in [2.24, 2.45) is 0 Å². The van der Waals surface area contributed by atoms with E-state index in [1.165, 1.54) is 0 Å². The zero-order chi connectivity index (χ0) is 18.0. The highest BCUT2D eigenvalue weighted by Gasteiger charge is 2.24. The van der Waals surface area contributed by atoms with Crippen molar-refractivity contribution in [1.82, 2.24) is 9.80 Å². The van der Waals surface area contributed by atoms with Crippen LogP contribution in [0.4, 0.5) is 8.78 Å². The summed E-state index contributed by atoms with van der Waals surface area (Å²) in [5, 5.41) is 0.615. The van der Waals surface area contributed by atoms with Gasteiger partial charge in [0, 0.05) is 37.7 Å². The average molecular weight is 385 g/mol. The molecule has 1 heterocycles. The quantitative estimate of drug-likeness (QED) is 0.739. The van der Waals surface area contributed by atoms with E-state index < -0.39 is 11.6 Å². The summed E-state index contributed by atoms with van der Waals surface area (Å²) in [4.78, 5) is 16.3. The van der Waals surface area contributed by atoms with Crippen molar-refractivity contribution >= 4 is 29.1 Å². The van der Waals surface area contributed by atoms with Crippen LogP contribution in [0.5, 0.6) is 0 Å². The van der Waals surface area contributed by atoms with E-state index in [-0.39, 0.29) is 16.5 Å². The fourth-order valence-corrected chi connectivity index (χ4v) is 3.30. The van der Waals surface area contributed by atoms with Crippen LogP contribution in [0.3, 0.4) is 0 Å². The molecule has 0 atom stereocenters. The molecule has 1 amide bonds. The summed E-state index contributed by atoms with van der Waals surface area (Å²) < 4.78 is 26.6. The molecule has 132 valence electrons. The van der Waals surface area contributed by atoms with E-state index in [9.17, 15) is 13.6 Å². The van der Waals surface area contributed by atoms with Gasteiger partial charge in [0.25, 0.3) is 5.91 Å². The molecule has 0 aliphatic carbocycles. The first-order valence-electron chi connectivity index (χ1n) is 7.84. The topological polar surface area (TPSA) is 23.6 Å². The Bertz CT molecular complexity index is 793. The predicted octanol–water partition coefficient (Wildman–Crippen LogP) is 4.23. The van der Waals surface area contributed by atoms with E-state index in [4.69, 9.17) is 23.2 Å². The molecule has 0 N–H and O–H groups in total. The van der Waals surface area contributed by atoms with Gasteiger partial charge in [-0.15, -0.1) is 0 Å². The van der Waals surface area contributed by atoms with Gasteiger partial charge in [0.15, 0.2) is 11.6 Å². The molecule has 2 aromatic rings. The Kier molecular flexibility index (Phi) is 5.57. The normalized spacial score (nSPS) is 15.4. The number of amides is 1. The summed E-state index contributed by atoms with van der Waals surface area (Å²) >= 11 is 11.9. The first-order chi connectivity index (χ1) is 11.9. The Labute approximate surface area is 154 Å². The minimum atomic E-state index is -1.08. The fraction of sp³-hybridized carbons (Fsp3) is 0.278. The van der Waals surface area contributed by atoms with E-state index in [0.717, 1.165) is 24.2 Å². The van der Waals surface area contributed by atoms with E-state index in [0.29, 0.717) is 31.2 Å². The maximum Gasteiger partial charge on any atom is 0.255 e. The van der Waals surface area contributed by atoms with E-state index in [1.807, 2.05) is 24.3 Å². The first kappa shape index (κ1) is 18.1. The molecule has 3 nitrogen and oxygen atoms in total. The van der Waals surface area contributed by atoms with Crippen molar-refractivity contribution in [3.8, 4) is 0 Å². The SMILES string of the molecule is O=C(c1cc(F)c(F)cc1Cl)N1CCN(Cc2cccc(Cl)c2)CC1. The molecule has 0 radical (unpaired) electrons. The highest BCUT2D eigenvalue weighted by molar-refractivity contribution is 6.33. The van der Waals surface area contributed by atoms with Crippen LogP contribution in [0, 0.1) is 11.6 Å². The van der Waals surface area contributed by atoms with Gasteiger partial charge < -0.3 is 4.90 Å². The number of nitrogens with zero attached hydrogens (tertiary/aromatic N) is 2. The maximum absolute atomic E-state index is 13.4. The summed E-state index contributed by atoms with van der Waals surface area (Å²) in [5.74, 6) is -2.52. The van der Waals surface area contributed by atoms with Gasteiger partial charge in [-0.3, -0.25) is 9.69 Å². The number of benzene rings is 2. The van der Waals surface area contributed by atoms with Crippen LogP contribution in [0.15, 0.2) is 36.4 Å². The largest absolute Gasteiger partial charge is 0.336 e. The molecule has 25 heavy (non-hydrogen) atoms. The Morgan fingerprint density at radius 1 is 1.00 bits per heavy atom. The number of carbonyl (C=O) groups excluding carboxylic acids is 1. The van der Waals surface area contributed by atoms with Gasteiger partial charge in [0.2, 0.25) is 0 Å².